The van der Waals surface area contributed by atoms with E-state index in [9.17, 15) is 10.1 Å². The minimum atomic E-state index is -0.306. The summed E-state index contributed by atoms with van der Waals surface area (Å²) in [5, 5.41) is 11.0. The van der Waals surface area contributed by atoms with Gasteiger partial charge in [-0.25, -0.2) is 0 Å². The molecular weight excluding hydrogens is 284 g/mol. The highest BCUT2D eigenvalue weighted by Gasteiger charge is 2.23. The molecule has 1 aromatic rings. The number of piperidine rings is 1. The van der Waals surface area contributed by atoms with Crippen molar-refractivity contribution in [3.05, 3.63) is 32.8 Å². The molecule has 0 radical (unpaired) electrons. The Labute approximate surface area is 109 Å². The van der Waals surface area contributed by atoms with Gasteiger partial charge in [0.05, 0.1) is 4.92 Å². The van der Waals surface area contributed by atoms with Crippen molar-refractivity contribution in [1.29, 1.82) is 0 Å². The molecule has 1 fully saturated rings. The van der Waals surface area contributed by atoms with E-state index in [1.165, 1.54) is 0 Å². The molecule has 1 aromatic carbocycles. The predicted molar refractivity (Wildman–Crippen MR) is 71.4 cm³/mol. The van der Waals surface area contributed by atoms with Crippen LogP contribution in [0.15, 0.2) is 22.7 Å². The maximum Gasteiger partial charge on any atom is 0.292 e. The molecule has 0 aliphatic carbocycles. The van der Waals surface area contributed by atoms with E-state index in [1.54, 1.807) is 12.1 Å². The van der Waals surface area contributed by atoms with E-state index >= 15 is 0 Å². The lowest BCUT2D eigenvalue weighted by atomic mass is 9.98. The summed E-state index contributed by atoms with van der Waals surface area (Å²) in [6.07, 6.45) is 2.20. The molecule has 1 heterocycles. The quantitative estimate of drug-likeness (QED) is 0.619. The lowest BCUT2D eigenvalue weighted by molar-refractivity contribution is -0.384. The van der Waals surface area contributed by atoms with Gasteiger partial charge in [0.2, 0.25) is 0 Å². The Morgan fingerprint density at radius 3 is 2.65 bits per heavy atom. The first-order chi connectivity index (χ1) is 8.08. The van der Waals surface area contributed by atoms with Gasteiger partial charge in [-0.3, -0.25) is 10.1 Å². The van der Waals surface area contributed by atoms with Crippen LogP contribution in [0.5, 0.6) is 0 Å². The molecule has 5 heteroatoms. The first-order valence-electron chi connectivity index (χ1n) is 5.77. The molecule has 2 rings (SSSR count). The summed E-state index contributed by atoms with van der Waals surface area (Å²) >= 11 is 3.37. The largest absolute Gasteiger partial charge is 0.366 e. The summed E-state index contributed by atoms with van der Waals surface area (Å²) in [7, 11) is 0. The number of nitro groups is 1. The number of anilines is 1. The zero-order chi connectivity index (χ0) is 12.4. The maximum atomic E-state index is 11.0. The van der Waals surface area contributed by atoms with E-state index in [4.69, 9.17) is 0 Å². The molecule has 0 saturated carbocycles. The fourth-order valence-electron chi connectivity index (χ4n) is 2.15. The standard InChI is InChI=1S/C12H15BrN2O2/c1-9-4-6-14(7-5-9)12-8-10(13)2-3-11(12)15(16)17/h2-3,8-9H,4-7H2,1H3. The van der Waals surface area contributed by atoms with Gasteiger partial charge in [-0.1, -0.05) is 22.9 Å². The van der Waals surface area contributed by atoms with Gasteiger partial charge in [-0.05, 0) is 30.9 Å². The molecule has 92 valence electrons. The third kappa shape index (κ3) is 2.77. The Bertz CT molecular complexity index is 429. The van der Waals surface area contributed by atoms with Crippen LogP contribution < -0.4 is 4.90 Å². The predicted octanol–water partition coefficient (Wildman–Crippen LogP) is 3.59. The van der Waals surface area contributed by atoms with Crippen LogP contribution in [0.2, 0.25) is 0 Å². The van der Waals surface area contributed by atoms with E-state index in [2.05, 4.69) is 27.8 Å². The summed E-state index contributed by atoms with van der Waals surface area (Å²) in [6.45, 7) is 4.03. The van der Waals surface area contributed by atoms with E-state index in [1.807, 2.05) is 6.07 Å². The second-order valence-corrected chi connectivity index (χ2v) is 5.48. The number of hydrogen-bond acceptors (Lipinski definition) is 3. The number of halogens is 1. The second kappa shape index (κ2) is 5.04. The normalized spacial score (nSPS) is 17.2. The van der Waals surface area contributed by atoms with Gasteiger partial charge in [0.1, 0.15) is 5.69 Å². The third-order valence-electron chi connectivity index (χ3n) is 3.26. The second-order valence-electron chi connectivity index (χ2n) is 4.56. The van der Waals surface area contributed by atoms with Crippen molar-refractivity contribution in [2.24, 2.45) is 5.92 Å². The van der Waals surface area contributed by atoms with Crippen molar-refractivity contribution in [3.8, 4) is 0 Å². The molecule has 1 saturated heterocycles. The highest BCUT2D eigenvalue weighted by atomic mass is 79.9. The van der Waals surface area contributed by atoms with Crippen LogP contribution in [-0.2, 0) is 0 Å². The summed E-state index contributed by atoms with van der Waals surface area (Å²) in [4.78, 5) is 12.8. The van der Waals surface area contributed by atoms with E-state index in [0.29, 0.717) is 0 Å². The van der Waals surface area contributed by atoms with Crippen LogP contribution in [0.1, 0.15) is 19.8 Å². The summed E-state index contributed by atoms with van der Waals surface area (Å²) in [6, 6.07) is 5.12. The molecule has 0 spiro atoms. The Kier molecular flexibility index (Phi) is 3.66. The lowest BCUT2D eigenvalue weighted by Gasteiger charge is -2.31. The molecule has 4 nitrogen and oxygen atoms in total. The fourth-order valence-corrected chi connectivity index (χ4v) is 2.50. The molecule has 0 aromatic heterocycles. The third-order valence-corrected chi connectivity index (χ3v) is 3.75. The number of nitrogens with zero attached hydrogens (tertiary/aromatic N) is 2. The highest BCUT2D eigenvalue weighted by Crippen LogP contribution is 2.33. The molecule has 0 unspecified atom stereocenters. The first kappa shape index (κ1) is 12.4. The Morgan fingerprint density at radius 1 is 1.41 bits per heavy atom. The molecule has 17 heavy (non-hydrogen) atoms. The minimum absolute atomic E-state index is 0.197. The number of nitro benzene ring substituents is 1. The van der Waals surface area contributed by atoms with E-state index < -0.39 is 0 Å². The first-order valence-corrected chi connectivity index (χ1v) is 6.56. The molecule has 0 N–H and O–H groups in total. The monoisotopic (exact) mass is 298 g/mol. The van der Waals surface area contributed by atoms with E-state index in [-0.39, 0.29) is 10.6 Å². The maximum absolute atomic E-state index is 11.0. The topological polar surface area (TPSA) is 46.4 Å². The van der Waals surface area contributed by atoms with Crippen LogP contribution in [0.4, 0.5) is 11.4 Å². The fraction of sp³-hybridized carbons (Fsp3) is 0.500. The molecule has 1 aliphatic heterocycles. The number of benzene rings is 1. The number of hydrogen-bond donors (Lipinski definition) is 0. The average molecular weight is 299 g/mol. The van der Waals surface area contributed by atoms with Crippen LogP contribution in [0.25, 0.3) is 0 Å². The van der Waals surface area contributed by atoms with Crippen molar-refractivity contribution in [2.45, 2.75) is 19.8 Å². The van der Waals surface area contributed by atoms with Gasteiger partial charge < -0.3 is 4.90 Å². The van der Waals surface area contributed by atoms with Crippen molar-refractivity contribution in [1.82, 2.24) is 0 Å². The summed E-state index contributed by atoms with van der Waals surface area (Å²) in [5.41, 5.74) is 0.930. The zero-order valence-electron chi connectivity index (χ0n) is 9.73. The van der Waals surface area contributed by atoms with Gasteiger partial charge in [0, 0.05) is 23.6 Å². The summed E-state index contributed by atoms with van der Waals surface area (Å²) < 4.78 is 0.886. The van der Waals surface area contributed by atoms with Gasteiger partial charge in [0.15, 0.2) is 0 Å². The molecular formula is C12H15BrN2O2. The van der Waals surface area contributed by atoms with Gasteiger partial charge in [-0.15, -0.1) is 0 Å². The Balaban J connectivity index is 2.30. The van der Waals surface area contributed by atoms with Crippen LogP contribution in [0, 0.1) is 16.0 Å². The molecule has 0 bridgehead atoms. The van der Waals surface area contributed by atoms with Crippen molar-refractivity contribution in [3.63, 3.8) is 0 Å². The van der Waals surface area contributed by atoms with Crippen molar-refractivity contribution < 1.29 is 4.92 Å². The lowest BCUT2D eigenvalue weighted by Crippen LogP contribution is -2.33. The average Bonchev–Trinajstić information content (AvgIpc) is 2.29. The van der Waals surface area contributed by atoms with Crippen molar-refractivity contribution >= 4 is 27.3 Å². The van der Waals surface area contributed by atoms with Crippen LogP contribution in [-0.4, -0.2) is 18.0 Å². The Hall–Kier alpha value is -1.10. The minimum Gasteiger partial charge on any atom is -0.366 e. The van der Waals surface area contributed by atoms with Crippen LogP contribution >= 0.6 is 15.9 Å². The number of rotatable bonds is 2. The Morgan fingerprint density at radius 2 is 2.06 bits per heavy atom. The van der Waals surface area contributed by atoms with E-state index in [0.717, 1.165) is 42.0 Å². The van der Waals surface area contributed by atoms with Crippen molar-refractivity contribution in [2.75, 3.05) is 18.0 Å². The zero-order valence-corrected chi connectivity index (χ0v) is 11.3. The molecule has 0 amide bonds. The smallest absolute Gasteiger partial charge is 0.292 e. The highest BCUT2D eigenvalue weighted by molar-refractivity contribution is 9.10. The SMILES string of the molecule is CC1CCN(c2cc(Br)ccc2[N+](=O)[O-])CC1. The molecule has 1 aliphatic rings. The van der Waals surface area contributed by atoms with Gasteiger partial charge in [-0.2, -0.15) is 0 Å². The summed E-state index contributed by atoms with van der Waals surface area (Å²) in [5.74, 6) is 0.720. The molecule has 0 atom stereocenters. The van der Waals surface area contributed by atoms with Gasteiger partial charge >= 0.3 is 0 Å². The van der Waals surface area contributed by atoms with Crippen LogP contribution in [0.3, 0.4) is 0 Å². The van der Waals surface area contributed by atoms with Gasteiger partial charge in [0.25, 0.3) is 5.69 Å².